The van der Waals surface area contributed by atoms with E-state index >= 15 is 0 Å². The zero-order chi connectivity index (χ0) is 15.1. The molecule has 6 heteroatoms. The summed E-state index contributed by atoms with van der Waals surface area (Å²) < 4.78 is 5.31. The molecule has 1 unspecified atom stereocenters. The van der Waals surface area contributed by atoms with Gasteiger partial charge in [0, 0.05) is 32.3 Å². The summed E-state index contributed by atoms with van der Waals surface area (Å²) in [5.41, 5.74) is 6.55. The molecular formula is C15H20N4O2. The summed E-state index contributed by atoms with van der Waals surface area (Å²) >= 11 is 0. The van der Waals surface area contributed by atoms with E-state index < -0.39 is 6.04 Å². The van der Waals surface area contributed by atoms with Crippen molar-refractivity contribution in [2.24, 2.45) is 5.73 Å². The first-order chi connectivity index (χ1) is 10.2. The van der Waals surface area contributed by atoms with E-state index in [9.17, 15) is 4.79 Å². The average molecular weight is 288 g/mol. The number of nitrogens with two attached hydrogens (primary N) is 1. The Morgan fingerprint density at radius 3 is 2.90 bits per heavy atom. The van der Waals surface area contributed by atoms with Crippen molar-refractivity contribution in [3.05, 3.63) is 23.9 Å². The number of rotatable bonds is 5. The van der Waals surface area contributed by atoms with Crippen molar-refractivity contribution in [1.82, 2.24) is 10.3 Å². The summed E-state index contributed by atoms with van der Waals surface area (Å²) in [5, 5.41) is 2.75. The van der Waals surface area contributed by atoms with Gasteiger partial charge in [0.05, 0.1) is 19.3 Å². The number of carbonyl (C=O) groups is 1. The van der Waals surface area contributed by atoms with Gasteiger partial charge in [-0.15, -0.1) is 12.3 Å². The van der Waals surface area contributed by atoms with Gasteiger partial charge >= 0.3 is 0 Å². The Balaban J connectivity index is 1.85. The second-order valence-electron chi connectivity index (χ2n) is 4.86. The molecule has 0 bridgehead atoms. The zero-order valence-electron chi connectivity index (χ0n) is 11.9. The molecule has 0 radical (unpaired) electrons. The van der Waals surface area contributed by atoms with Crippen LogP contribution in [0.5, 0.6) is 0 Å². The summed E-state index contributed by atoms with van der Waals surface area (Å²) in [5.74, 6) is 3.06. The van der Waals surface area contributed by atoms with E-state index in [0.717, 1.165) is 37.7 Å². The summed E-state index contributed by atoms with van der Waals surface area (Å²) in [6, 6.07) is 3.24. The van der Waals surface area contributed by atoms with E-state index in [0.29, 0.717) is 6.54 Å². The predicted octanol–water partition coefficient (Wildman–Crippen LogP) is -0.115. The van der Waals surface area contributed by atoms with Gasteiger partial charge in [-0.1, -0.05) is 6.07 Å². The van der Waals surface area contributed by atoms with Gasteiger partial charge in [-0.3, -0.25) is 4.79 Å². The zero-order valence-corrected chi connectivity index (χ0v) is 11.9. The Labute approximate surface area is 124 Å². The summed E-state index contributed by atoms with van der Waals surface area (Å²) in [6.45, 7) is 3.56. The van der Waals surface area contributed by atoms with Gasteiger partial charge < -0.3 is 20.7 Å². The molecule has 2 rings (SSSR count). The molecule has 1 aliphatic rings. The van der Waals surface area contributed by atoms with E-state index in [1.54, 1.807) is 6.20 Å². The maximum atomic E-state index is 11.6. The van der Waals surface area contributed by atoms with Gasteiger partial charge in [-0.05, 0) is 11.6 Å². The van der Waals surface area contributed by atoms with Gasteiger partial charge in [0.15, 0.2) is 0 Å². The van der Waals surface area contributed by atoms with E-state index in [2.05, 4.69) is 21.1 Å². The fourth-order valence-electron chi connectivity index (χ4n) is 2.04. The van der Waals surface area contributed by atoms with Gasteiger partial charge in [0.2, 0.25) is 5.91 Å². The molecule has 2 heterocycles. The first kappa shape index (κ1) is 15.3. The maximum absolute atomic E-state index is 11.6. The number of nitrogens with zero attached hydrogens (tertiary/aromatic N) is 2. The third kappa shape index (κ3) is 4.45. The van der Waals surface area contributed by atoms with Gasteiger partial charge in [-0.2, -0.15) is 0 Å². The molecule has 1 aromatic heterocycles. The molecule has 1 aliphatic heterocycles. The second-order valence-corrected chi connectivity index (χ2v) is 4.86. The minimum Gasteiger partial charge on any atom is -0.378 e. The fourth-order valence-corrected chi connectivity index (χ4v) is 2.04. The molecular weight excluding hydrogens is 268 g/mol. The number of hydrogen-bond acceptors (Lipinski definition) is 5. The van der Waals surface area contributed by atoms with Crippen LogP contribution in [-0.4, -0.2) is 43.2 Å². The normalized spacial score (nSPS) is 16.1. The van der Waals surface area contributed by atoms with Crippen LogP contribution in [0, 0.1) is 12.3 Å². The topological polar surface area (TPSA) is 80.5 Å². The molecule has 6 nitrogen and oxygen atoms in total. The number of anilines is 1. The summed E-state index contributed by atoms with van der Waals surface area (Å²) in [7, 11) is 0. The van der Waals surface area contributed by atoms with Crippen molar-refractivity contribution in [2.45, 2.75) is 19.0 Å². The number of pyridine rings is 1. The summed E-state index contributed by atoms with van der Waals surface area (Å²) in [6.07, 6.45) is 7.13. The Morgan fingerprint density at radius 2 is 2.29 bits per heavy atom. The molecule has 21 heavy (non-hydrogen) atoms. The number of morpholine rings is 1. The smallest absolute Gasteiger partial charge is 0.238 e. The lowest BCUT2D eigenvalue weighted by Gasteiger charge is -2.27. The highest BCUT2D eigenvalue weighted by Gasteiger charge is 2.13. The number of terminal acetylenes is 1. The monoisotopic (exact) mass is 288 g/mol. The second kappa shape index (κ2) is 7.62. The molecule has 0 aliphatic carbocycles. The fraction of sp³-hybridized carbons (Fsp3) is 0.467. The van der Waals surface area contributed by atoms with Crippen molar-refractivity contribution < 1.29 is 9.53 Å². The Kier molecular flexibility index (Phi) is 5.55. The van der Waals surface area contributed by atoms with Crippen LogP contribution in [0.25, 0.3) is 0 Å². The number of hydrogen-bond donors (Lipinski definition) is 2. The minimum atomic E-state index is -0.657. The van der Waals surface area contributed by atoms with Crippen molar-refractivity contribution >= 4 is 11.7 Å². The molecule has 1 amide bonds. The largest absolute Gasteiger partial charge is 0.378 e. The maximum Gasteiger partial charge on any atom is 0.238 e. The summed E-state index contributed by atoms with van der Waals surface area (Å²) in [4.78, 5) is 18.2. The standard InChI is InChI=1S/C15H20N4O2/c1-2-3-13(16)15(20)18-11-12-4-5-14(17-10-12)19-6-8-21-9-7-19/h1,4-5,10,13H,3,6-9,11,16H2,(H,18,20). The Bertz CT molecular complexity index is 503. The van der Waals surface area contributed by atoms with Crippen LogP contribution in [0.15, 0.2) is 18.3 Å². The van der Waals surface area contributed by atoms with Crippen LogP contribution in [0.2, 0.25) is 0 Å². The van der Waals surface area contributed by atoms with Crippen LogP contribution in [-0.2, 0) is 16.1 Å². The van der Waals surface area contributed by atoms with Gasteiger partial charge in [-0.25, -0.2) is 4.98 Å². The Hall–Kier alpha value is -2.10. The molecule has 0 saturated carbocycles. The van der Waals surface area contributed by atoms with E-state index in [1.165, 1.54) is 0 Å². The quantitative estimate of drug-likeness (QED) is 0.739. The van der Waals surface area contributed by atoms with E-state index in [4.69, 9.17) is 16.9 Å². The lowest BCUT2D eigenvalue weighted by atomic mass is 10.2. The molecule has 3 N–H and O–H groups in total. The van der Waals surface area contributed by atoms with Crippen molar-refractivity contribution in [1.29, 1.82) is 0 Å². The molecule has 0 aromatic carbocycles. The molecule has 1 atom stereocenters. The molecule has 1 aromatic rings. The van der Waals surface area contributed by atoms with Crippen LogP contribution in [0.1, 0.15) is 12.0 Å². The highest BCUT2D eigenvalue weighted by molar-refractivity contribution is 5.81. The Morgan fingerprint density at radius 1 is 1.52 bits per heavy atom. The van der Waals surface area contributed by atoms with Crippen LogP contribution >= 0.6 is 0 Å². The highest BCUT2D eigenvalue weighted by Crippen LogP contribution is 2.12. The van der Waals surface area contributed by atoms with E-state index in [1.807, 2.05) is 12.1 Å². The van der Waals surface area contributed by atoms with Crippen LogP contribution < -0.4 is 16.0 Å². The molecule has 1 saturated heterocycles. The lowest BCUT2D eigenvalue weighted by molar-refractivity contribution is -0.122. The third-order valence-corrected chi connectivity index (χ3v) is 3.29. The number of carbonyl (C=O) groups excluding carboxylic acids is 1. The number of amides is 1. The van der Waals surface area contributed by atoms with Crippen molar-refractivity contribution in [3.63, 3.8) is 0 Å². The third-order valence-electron chi connectivity index (χ3n) is 3.29. The van der Waals surface area contributed by atoms with Gasteiger partial charge in [0.25, 0.3) is 0 Å². The molecule has 0 spiro atoms. The first-order valence-electron chi connectivity index (χ1n) is 6.95. The highest BCUT2D eigenvalue weighted by atomic mass is 16.5. The lowest BCUT2D eigenvalue weighted by Crippen LogP contribution is -2.40. The number of nitrogens with one attached hydrogen (secondary N) is 1. The van der Waals surface area contributed by atoms with Gasteiger partial charge in [0.1, 0.15) is 5.82 Å². The van der Waals surface area contributed by atoms with Crippen LogP contribution in [0.3, 0.4) is 0 Å². The SMILES string of the molecule is C#CCC(N)C(=O)NCc1ccc(N2CCOCC2)nc1. The van der Waals surface area contributed by atoms with E-state index in [-0.39, 0.29) is 12.3 Å². The van der Waals surface area contributed by atoms with Crippen molar-refractivity contribution in [3.8, 4) is 12.3 Å². The predicted molar refractivity (Wildman–Crippen MR) is 80.5 cm³/mol. The molecule has 112 valence electrons. The van der Waals surface area contributed by atoms with Crippen molar-refractivity contribution in [2.75, 3.05) is 31.2 Å². The number of aromatic nitrogens is 1. The molecule has 1 fully saturated rings. The average Bonchev–Trinajstić information content (AvgIpc) is 2.54. The van der Waals surface area contributed by atoms with Crippen LogP contribution in [0.4, 0.5) is 5.82 Å². The number of ether oxygens (including phenoxy) is 1. The minimum absolute atomic E-state index is 0.236. The first-order valence-corrected chi connectivity index (χ1v) is 6.95.